The Morgan fingerprint density at radius 1 is 1.31 bits per heavy atom. The Balaban J connectivity index is 2.32. The molecule has 1 nitrogen and oxygen atoms in total. The van der Waals surface area contributed by atoms with Crippen LogP contribution in [-0.4, -0.2) is 10.1 Å². The predicted octanol–water partition coefficient (Wildman–Crippen LogP) is 2.74. The number of fused-ring (bicyclic) bond motifs is 1. The van der Waals surface area contributed by atoms with Gasteiger partial charge in [-0.25, -0.2) is 0 Å². The Hall–Kier alpha value is -0.270. The molecule has 0 aromatic rings. The van der Waals surface area contributed by atoms with Gasteiger partial charge in [-0.05, 0) is 5.92 Å². The summed E-state index contributed by atoms with van der Waals surface area (Å²) in [6.07, 6.45) is 7.79. The molecule has 0 spiro atoms. The van der Waals surface area contributed by atoms with E-state index in [2.05, 4.69) is 0 Å². The van der Waals surface area contributed by atoms with Crippen molar-refractivity contribution in [3.05, 3.63) is 24.3 Å². The first kappa shape index (κ1) is 9.29. The molecule has 0 aromatic heterocycles. The Morgan fingerprint density at radius 2 is 1.92 bits per heavy atom. The maximum atomic E-state index is 11.5. The predicted molar refractivity (Wildman–Crippen MR) is 53.9 cm³/mol. The van der Waals surface area contributed by atoms with Gasteiger partial charge < -0.3 is 0 Å². The first-order chi connectivity index (χ1) is 6.05. The van der Waals surface area contributed by atoms with Crippen LogP contribution >= 0.6 is 23.2 Å². The van der Waals surface area contributed by atoms with E-state index in [1.165, 1.54) is 0 Å². The van der Waals surface area contributed by atoms with Gasteiger partial charge in [-0.15, -0.1) is 0 Å². The van der Waals surface area contributed by atoms with Crippen LogP contribution in [0.25, 0.3) is 0 Å². The topological polar surface area (TPSA) is 17.1 Å². The molecule has 0 N–H and O–H groups in total. The molecule has 13 heavy (non-hydrogen) atoms. The third-order valence-corrected chi connectivity index (χ3v) is 3.72. The van der Waals surface area contributed by atoms with Crippen LogP contribution in [0.15, 0.2) is 24.3 Å². The van der Waals surface area contributed by atoms with Crippen LogP contribution in [0.2, 0.25) is 0 Å². The summed E-state index contributed by atoms with van der Waals surface area (Å²) in [5.41, 5.74) is 0. The van der Waals surface area contributed by atoms with E-state index in [0.717, 1.165) is 0 Å². The minimum atomic E-state index is -1.18. The molecular formula is C10H10Cl2O. The average Bonchev–Trinajstić information content (AvgIpc) is 2.25. The molecule has 2 rings (SSSR count). The lowest BCUT2D eigenvalue weighted by Gasteiger charge is -2.45. The Bertz CT molecular complexity index is 304. The summed E-state index contributed by atoms with van der Waals surface area (Å²) >= 11 is 11.8. The van der Waals surface area contributed by atoms with Crippen LogP contribution in [0.1, 0.15) is 6.92 Å². The molecule has 1 fully saturated rings. The van der Waals surface area contributed by atoms with E-state index in [-0.39, 0.29) is 23.5 Å². The lowest BCUT2D eigenvalue weighted by Crippen LogP contribution is -2.57. The molecule has 0 aromatic carbocycles. The van der Waals surface area contributed by atoms with Gasteiger partial charge in [0, 0.05) is 11.8 Å². The van der Waals surface area contributed by atoms with Gasteiger partial charge in [0.1, 0.15) is 0 Å². The van der Waals surface area contributed by atoms with Gasteiger partial charge in [0.05, 0.1) is 0 Å². The smallest absolute Gasteiger partial charge is 0.183 e. The summed E-state index contributed by atoms with van der Waals surface area (Å²) in [7, 11) is 0. The van der Waals surface area contributed by atoms with Gasteiger partial charge in [-0.2, -0.15) is 0 Å². The van der Waals surface area contributed by atoms with E-state index < -0.39 is 4.33 Å². The third kappa shape index (κ3) is 1.18. The summed E-state index contributed by atoms with van der Waals surface area (Å²) in [5, 5.41) is 0. The van der Waals surface area contributed by atoms with Crippen LogP contribution in [0.4, 0.5) is 0 Å². The number of Topliss-reactive ketones (excluding diaryl/α,β-unsaturated/α-hetero) is 1. The van der Waals surface area contributed by atoms with Gasteiger partial charge in [0.15, 0.2) is 10.1 Å². The molecule has 70 valence electrons. The Morgan fingerprint density at radius 3 is 2.62 bits per heavy atom. The Kier molecular flexibility index (Phi) is 2.04. The number of rotatable bonds is 0. The first-order valence-corrected chi connectivity index (χ1v) is 5.08. The standard InChI is InChI=1S/C10H10Cl2O/c1-6-4-2-3-5-7-8(6)9(13)10(7,11)12/h2-8H,1H3/t6-,7-,8+/m0/s1. The largest absolute Gasteiger partial charge is 0.296 e. The second-order valence-electron chi connectivity index (χ2n) is 3.67. The fourth-order valence-electron chi connectivity index (χ4n) is 2.03. The van der Waals surface area contributed by atoms with Crippen LogP contribution in [-0.2, 0) is 4.79 Å². The molecule has 3 atom stereocenters. The zero-order valence-electron chi connectivity index (χ0n) is 7.21. The van der Waals surface area contributed by atoms with Gasteiger partial charge >= 0.3 is 0 Å². The van der Waals surface area contributed by atoms with Gasteiger partial charge in [0.2, 0.25) is 0 Å². The molecule has 0 amide bonds. The van der Waals surface area contributed by atoms with E-state index in [0.29, 0.717) is 0 Å². The summed E-state index contributed by atoms with van der Waals surface area (Å²) < 4.78 is -1.18. The maximum absolute atomic E-state index is 11.5. The lowest BCUT2D eigenvalue weighted by atomic mass is 9.66. The quantitative estimate of drug-likeness (QED) is 0.570. The molecule has 2 aliphatic rings. The summed E-state index contributed by atoms with van der Waals surface area (Å²) in [6.45, 7) is 2.02. The summed E-state index contributed by atoms with van der Waals surface area (Å²) in [5.74, 6) is 0.154. The van der Waals surface area contributed by atoms with Crippen molar-refractivity contribution in [3.63, 3.8) is 0 Å². The first-order valence-electron chi connectivity index (χ1n) is 4.32. The average molecular weight is 217 g/mol. The van der Waals surface area contributed by atoms with Crippen molar-refractivity contribution in [2.24, 2.45) is 17.8 Å². The van der Waals surface area contributed by atoms with E-state index in [9.17, 15) is 4.79 Å². The SMILES string of the molecule is C[C@H]1C=CC=C[C@H]2[C@@H]1C(=O)C2(Cl)Cl. The van der Waals surface area contributed by atoms with Crippen molar-refractivity contribution in [3.8, 4) is 0 Å². The maximum Gasteiger partial charge on any atom is 0.183 e. The molecule has 0 aliphatic heterocycles. The van der Waals surface area contributed by atoms with Crippen LogP contribution in [0, 0.1) is 17.8 Å². The molecule has 3 heteroatoms. The van der Waals surface area contributed by atoms with Crippen molar-refractivity contribution >= 4 is 29.0 Å². The number of hydrogen-bond donors (Lipinski definition) is 0. The molecule has 0 saturated heterocycles. The Labute approximate surface area is 87.4 Å². The summed E-state index contributed by atoms with van der Waals surface area (Å²) in [4.78, 5) is 11.5. The number of halogens is 2. The number of carbonyl (C=O) groups is 1. The minimum Gasteiger partial charge on any atom is -0.296 e. The zero-order chi connectivity index (χ0) is 9.64. The highest BCUT2D eigenvalue weighted by molar-refractivity contribution is 6.61. The molecule has 0 radical (unpaired) electrons. The highest BCUT2D eigenvalue weighted by atomic mass is 35.5. The molecule has 1 saturated carbocycles. The van der Waals surface area contributed by atoms with Crippen molar-refractivity contribution in [1.82, 2.24) is 0 Å². The number of hydrogen-bond acceptors (Lipinski definition) is 1. The number of ketones is 1. The highest BCUT2D eigenvalue weighted by Crippen LogP contribution is 2.53. The van der Waals surface area contributed by atoms with Gasteiger partial charge in [-0.1, -0.05) is 54.4 Å². The van der Waals surface area contributed by atoms with E-state index in [1.54, 1.807) is 0 Å². The van der Waals surface area contributed by atoms with Gasteiger partial charge in [0.25, 0.3) is 0 Å². The van der Waals surface area contributed by atoms with E-state index >= 15 is 0 Å². The molecule has 0 bridgehead atoms. The van der Waals surface area contributed by atoms with Crippen LogP contribution < -0.4 is 0 Å². The van der Waals surface area contributed by atoms with Crippen molar-refractivity contribution in [2.75, 3.05) is 0 Å². The fraction of sp³-hybridized carbons (Fsp3) is 0.500. The second kappa shape index (κ2) is 2.86. The second-order valence-corrected chi connectivity index (χ2v) is 5.05. The van der Waals surface area contributed by atoms with Crippen LogP contribution in [0.3, 0.4) is 0 Å². The number of allylic oxidation sites excluding steroid dienone is 4. The van der Waals surface area contributed by atoms with Crippen LogP contribution in [0.5, 0.6) is 0 Å². The normalized spacial score (nSPS) is 40.8. The van der Waals surface area contributed by atoms with Crippen molar-refractivity contribution < 1.29 is 4.79 Å². The van der Waals surface area contributed by atoms with Crippen molar-refractivity contribution in [1.29, 1.82) is 0 Å². The van der Waals surface area contributed by atoms with Crippen molar-refractivity contribution in [2.45, 2.75) is 11.3 Å². The molecular weight excluding hydrogens is 207 g/mol. The highest BCUT2D eigenvalue weighted by Gasteiger charge is 2.60. The fourth-order valence-corrected chi connectivity index (χ4v) is 2.70. The zero-order valence-corrected chi connectivity index (χ0v) is 8.72. The molecule has 0 unspecified atom stereocenters. The number of carbonyl (C=O) groups excluding carboxylic acids is 1. The third-order valence-electron chi connectivity index (χ3n) is 2.85. The summed E-state index contributed by atoms with van der Waals surface area (Å²) in [6, 6.07) is 0. The molecule has 0 heterocycles. The van der Waals surface area contributed by atoms with E-state index in [1.807, 2.05) is 31.2 Å². The molecule has 2 aliphatic carbocycles. The lowest BCUT2D eigenvalue weighted by molar-refractivity contribution is -0.135. The van der Waals surface area contributed by atoms with E-state index in [4.69, 9.17) is 23.2 Å². The monoisotopic (exact) mass is 216 g/mol. The number of alkyl halides is 2. The minimum absolute atomic E-state index is 0.0201. The van der Waals surface area contributed by atoms with Gasteiger partial charge in [-0.3, -0.25) is 4.79 Å².